The lowest BCUT2D eigenvalue weighted by Gasteiger charge is -2.23. The summed E-state index contributed by atoms with van der Waals surface area (Å²) in [6, 6.07) is 7.90. The Morgan fingerprint density at radius 1 is 1.58 bits per heavy atom. The molecule has 0 spiro atoms. The van der Waals surface area contributed by atoms with Crippen molar-refractivity contribution in [1.82, 2.24) is 4.90 Å². The first-order valence-electron chi connectivity index (χ1n) is 6.88. The third kappa shape index (κ3) is 3.47. The quantitative estimate of drug-likeness (QED) is 0.898. The van der Waals surface area contributed by atoms with Gasteiger partial charge in [-0.1, -0.05) is 19.1 Å². The van der Waals surface area contributed by atoms with Crippen LogP contribution in [0.3, 0.4) is 0 Å². The van der Waals surface area contributed by atoms with Crippen LogP contribution in [0.15, 0.2) is 24.3 Å². The van der Waals surface area contributed by atoms with E-state index >= 15 is 0 Å². The molecule has 1 saturated heterocycles. The average molecular weight is 262 g/mol. The minimum atomic E-state index is -0.410. The Hall–Kier alpha value is -1.55. The number of carbonyl (C=O) groups excluding carboxylic acids is 1. The monoisotopic (exact) mass is 262 g/mol. The van der Waals surface area contributed by atoms with E-state index < -0.39 is 6.10 Å². The van der Waals surface area contributed by atoms with Crippen LogP contribution >= 0.6 is 0 Å². The molecule has 1 aromatic carbocycles. The van der Waals surface area contributed by atoms with Gasteiger partial charge in [0, 0.05) is 19.1 Å². The largest absolute Gasteiger partial charge is 0.481 e. The van der Waals surface area contributed by atoms with Crippen LogP contribution in [0.1, 0.15) is 25.3 Å². The van der Waals surface area contributed by atoms with Crippen molar-refractivity contribution in [2.75, 3.05) is 13.1 Å². The molecule has 1 aromatic rings. The molecule has 2 N–H and O–H groups in total. The Labute approximate surface area is 114 Å². The molecule has 1 fully saturated rings. The van der Waals surface area contributed by atoms with E-state index in [9.17, 15) is 4.79 Å². The van der Waals surface area contributed by atoms with Gasteiger partial charge in [0.1, 0.15) is 5.75 Å². The number of rotatable bonds is 4. The van der Waals surface area contributed by atoms with Gasteiger partial charge in [0.15, 0.2) is 6.10 Å². The number of likely N-dealkylation sites (tertiary alicyclic amines) is 1. The number of hydrogen-bond acceptors (Lipinski definition) is 3. The first kappa shape index (κ1) is 13.9. The molecule has 1 aliphatic rings. The fraction of sp³-hybridized carbons (Fsp3) is 0.533. The van der Waals surface area contributed by atoms with Crippen LogP contribution in [0.4, 0.5) is 0 Å². The molecule has 19 heavy (non-hydrogen) atoms. The molecule has 4 heteroatoms. The molecule has 0 radical (unpaired) electrons. The molecule has 1 aliphatic heterocycles. The van der Waals surface area contributed by atoms with Gasteiger partial charge in [0.2, 0.25) is 0 Å². The molecule has 1 heterocycles. The number of nitrogens with two attached hydrogens (primary N) is 1. The minimum Gasteiger partial charge on any atom is -0.481 e. The van der Waals surface area contributed by atoms with Gasteiger partial charge in [-0.3, -0.25) is 4.79 Å². The maximum atomic E-state index is 12.4. The number of amides is 1. The predicted octanol–water partition coefficient (Wildman–Crippen LogP) is 1.71. The van der Waals surface area contributed by atoms with E-state index in [1.165, 1.54) is 0 Å². The Morgan fingerprint density at radius 2 is 2.37 bits per heavy atom. The highest BCUT2D eigenvalue weighted by molar-refractivity contribution is 5.81. The Kier molecular flexibility index (Phi) is 4.43. The van der Waals surface area contributed by atoms with Gasteiger partial charge >= 0.3 is 0 Å². The maximum Gasteiger partial charge on any atom is 0.263 e. The lowest BCUT2D eigenvalue weighted by Crippen LogP contribution is -2.41. The zero-order valence-corrected chi connectivity index (χ0v) is 11.6. The van der Waals surface area contributed by atoms with E-state index in [0.29, 0.717) is 13.0 Å². The van der Waals surface area contributed by atoms with E-state index in [0.717, 1.165) is 24.3 Å². The molecule has 4 nitrogen and oxygen atoms in total. The first-order chi connectivity index (χ1) is 9.10. The average Bonchev–Trinajstić information content (AvgIpc) is 2.82. The van der Waals surface area contributed by atoms with Gasteiger partial charge in [-0.15, -0.1) is 0 Å². The SMILES string of the molecule is CC[C@@H](Oc1cccc(C)c1)C(=O)N1CC[C@@H](N)C1. The second-order valence-electron chi connectivity index (χ2n) is 5.16. The van der Waals surface area contributed by atoms with Crippen molar-refractivity contribution in [2.24, 2.45) is 5.73 Å². The predicted molar refractivity (Wildman–Crippen MR) is 75.1 cm³/mol. The summed E-state index contributed by atoms with van der Waals surface area (Å²) in [5, 5.41) is 0. The van der Waals surface area contributed by atoms with Crippen LogP contribution in [0.2, 0.25) is 0 Å². The molecule has 2 atom stereocenters. The maximum absolute atomic E-state index is 12.4. The zero-order chi connectivity index (χ0) is 13.8. The highest BCUT2D eigenvalue weighted by Gasteiger charge is 2.29. The summed E-state index contributed by atoms with van der Waals surface area (Å²) in [4.78, 5) is 14.2. The van der Waals surface area contributed by atoms with Crippen LogP contribution in [0.25, 0.3) is 0 Å². The zero-order valence-electron chi connectivity index (χ0n) is 11.6. The number of aryl methyl sites for hydroxylation is 1. The van der Waals surface area contributed by atoms with Gasteiger partial charge < -0.3 is 15.4 Å². The van der Waals surface area contributed by atoms with E-state index in [4.69, 9.17) is 10.5 Å². The summed E-state index contributed by atoms with van der Waals surface area (Å²) in [6.45, 7) is 5.36. The third-order valence-corrected chi connectivity index (χ3v) is 3.45. The lowest BCUT2D eigenvalue weighted by atomic mass is 10.2. The van der Waals surface area contributed by atoms with Crippen LogP contribution in [0, 0.1) is 6.92 Å². The molecule has 0 saturated carbocycles. The summed E-state index contributed by atoms with van der Waals surface area (Å²) >= 11 is 0. The van der Waals surface area contributed by atoms with E-state index in [-0.39, 0.29) is 11.9 Å². The van der Waals surface area contributed by atoms with Crippen LogP contribution in [-0.4, -0.2) is 36.0 Å². The number of benzene rings is 1. The van der Waals surface area contributed by atoms with E-state index in [2.05, 4.69) is 0 Å². The van der Waals surface area contributed by atoms with Crippen LogP contribution in [0.5, 0.6) is 5.75 Å². The minimum absolute atomic E-state index is 0.0527. The molecule has 0 aromatic heterocycles. The lowest BCUT2D eigenvalue weighted by molar-refractivity contribution is -0.137. The molecular formula is C15H22N2O2. The molecule has 2 rings (SSSR count). The molecule has 104 valence electrons. The molecule has 0 bridgehead atoms. The van der Waals surface area contributed by atoms with Crippen molar-refractivity contribution >= 4 is 5.91 Å². The fourth-order valence-corrected chi connectivity index (χ4v) is 2.35. The van der Waals surface area contributed by atoms with E-state index in [1.54, 1.807) is 0 Å². The number of carbonyl (C=O) groups is 1. The second kappa shape index (κ2) is 6.06. The van der Waals surface area contributed by atoms with Crippen molar-refractivity contribution in [3.63, 3.8) is 0 Å². The summed E-state index contributed by atoms with van der Waals surface area (Å²) in [7, 11) is 0. The standard InChI is InChI=1S/C15H22N2O2/c1-3-14(15(18)17-8-7-12(16)10-17)19-13-6-4-5-11(2)9-13/h4-6,9,12,14H,3,7-8,10,16H2,1-2H3/t12-,14-/m1/s1. The number of hydrogen-bond donors (Lipinski definition) is 1. The molecule has 0 aliphatic carbocycles. The summed E-state index contributed by atoms with van der Waals surface area (Å²) in [5.74, 6) is 0.806. The van der Waals surface area contributed by atoms with Crippen molar-refractivity contribution in [3.05, 3.63) is 29.8 Å². The van der Waals surface area contributed by atoms with E-state index in [1.807, 2.05) is 43.0 Å². The summed E-state index contributed by atoms with van der Waals surface area (Å²) in [6.07, 6.45) is 1.14. The van der Waals surface area contributed by atoms with Crippen LogP contribution in [-0.2, 0) is 4.79 Å². The smallest absolute Gasteiger partial charge is 0.263 e. The number of nitrogens with zero attached hydrogens (tertiary/aromatic N) is 1. The summed E-state index contributed by atoms with van der Waals surface area (Å²) in [5.41, 5.74) is 6.97. The number of ether oxygens (including phenoxy) is 1. The Balaban J connectivity index is 2.01. The van der Waals surface area contributed by atoms with Gasteiger partial charge in [0.05, 0.1) is 0 Å². The highest BCUT2D eigenvalue weighted by Crippen LogP contribution is 2.18. The normalized spacial score (nSPS) is 20.4. The summed E-state index contributed by atoms with van der Waals surface area (Å²) < 4.78 is 5.82. The first-order valence-corrected chi connectivity index (χ1v) is 6.88. The van der Waals surface area contributed by atoms with Gasteiger partial charge in [-0.05, 0) is 37.5 Å². The molecular weight excluding hydrogens is 240 g/mol. The molecule has 1 amide bonds. The highest BCUT2D eigenvalue weighted by atomic mass is 16.5. The Bertz CT molecular complexity index is 448. The Morgan fingerprint density at radius 3 is 2.95 bits per heavy atom. The van der Waals surface area contributed by atoms with Crippen molar-refractivity contribution < 1.29 is 9.53 Å². The van der Waals surface area contributed by atoms with Gasteiger partial charge in [-0.2, -0.15) is 0 Å². The van der Waals surface area contributed by atoms with Gasteiger partial charge in [-0.25, -0.2) is 0 Å². The van der Waals surface area contributed by atoms with Crippen molar-refractivity contribution in [2.45, 2.75) is 38.8 Å². The third-order valence-electron chi connectivity index (χ3n) is 3.45. The molecule has 0 unspecified atom stereocenters. The second-order valence-corrected chi connectivity index (χ2v) is 5.16. The van der Waals surface area contributed by atoms with Crippen molar-refractivity contribution in [3.8, 4) is 5.75 Å². The van der Waals surface area contributed by atoms with Crippen LogP contribution < -0.4 is 10.5 Å². The van der Waals surface area contributed by atoms with Gasteiger partial charge in [0.25, 0.3) is 5.91 Å². The fourth-order valence-electron chi connectivity index (χ4n) is 2.35. The topological polar surface area (TPSA) is 55.6 Å². The van der Waals surface area contributed by atoms with Crippen molar-refractivity contribution in [1.29, 1.82) is 0 Å².